The second-order valence-electron chi connectivity index (χ2n) is 4.59. The van der Waals surface area contributed by atoms with E-state index in [2.05, 4.69) is 0 Å². The summed E-state index contributed by atoms with van der Waals surface area (Å²) in [6, 6.07) is 0.762. The van der Waals surface area contributed by atoms with Crippen LogP contribution in [-0.4, -0.2) is 25.3 Å². The van der Waals surface area contributed by atoms with Gasteiger partial charge in [0.2, 0.25) is 0 Å². The van der Waals surface area contributed by atoms with Crippen LogP contribution < -0.4 is 0 Å². The molecule has 1 heterocycles. The number of carbonyl (C=O) groups excluding carboxylic acids is 1. The summed E-state index contributed by atoms with van der Waals surface area (Å²) in [6.45, 7) is 0.433. The summed E-state index contributed by atoms with van der Waals surface area (Å²) < 4.78 is 86.0. The van der Waals surface area contributed by atoms with E-state index in [1.54, 1.807) is 0 Å². The number of ether oxygens (including phenoxy) is 2. The summed E-state index contributed by atoms with van der Waals surface area (Å²) >= 11 is 0. The third kappa shape index (κ3) is 3.98. The smallest absolute Gasteiger partial charge is 0.350 e. The fourth-order valence-electron chi connectivity index (χ4n) is 1.91. The van der Waals surface area contributed by atoms with Crippen LogP contribution in [0.25, 0.3) is 0 Å². The first-order valence-corrected chi connectivity index (χ1v) is 6.13. The standard InChI is InChI=1S/C13H10F6O3/c14-12(15,16)8-3-7(4-9(5-8)13(17,18)19)10(20)6-11-21-1-2-22-11/h3-5,11H,1-2,6H2. The zero-order chi connectivity index (χ0) is 16.5. The van der Waals surface area contributed by atoms with Gasteiger partial charge in [-0.15, -0.1) is 0 Å². The molecule has 0 aromatic heterocycles. The lowest BCUT2D eigenvalue weighted by atomic mass is 10.0. The second-order valence-corrected chi connectivity index (χ2v) is 4.59. The first kappa shape index (κ1) is 16.8. The minimum atomic E-state index is -4.99. The lowest BCUT2D eigenvalue weighted by molar-refractivity contribution is -0.143. The minimum absolute atomic E-state index is 0.0284. The van der Waals surface area contributed by atoms with Crippen molar-refractivity contribution >= 4 is 5.78 Å². The van der Waals surface area contributed by atoms with E-state index in [1.165, 1.54) is 0 Å². The van der Waals surface area contributed by atoms with Gasteiger partial charge in [-0.05, 0) is 18.2 Å². The lowest BCUT2D eigenvalue weighted by Gasteiger charge is -2.14. The number of Topliss-reactive ketones (excluding diaryl/α,β-unsaturated/α-hetero) is 1. The van der Waals surface area contributed by atoms with Crippen molar-refractivity contribution in [3.8, 4) is 0 Å². The Morgan fingerprint density at radius 3 is 1.82 bits per heavy atom. The molecule has 9 heteroatoms. The van der Waals surface area contributed by atoms with E-state index in [4.69, 9.17) is 9.47 Å². The van der Waals surface area contributed by atoms with E-state index in [-0.39, 0.29) is 19.3 Å². The first-order chi connectivity index (χ1) is 10.1. The van der Waals surface area contributed by atoms with Crippen LogP contribution in [-0.2, 0) is 21.8 Å². The van der Waals surface area contributed by atoms with Gasteiger partial charge in [0.25, 0.3) is 0 Å². The van der Waals surface area contributed by atoms with Gasteiger partial charge in [-0.2, -0.15) is 26.3 Å². The van der Waals surface area contributed by atoms with Crippen LogP contribution >= 0.6 is 0 Å². The number of ketones is 1. The molecule has 22 heavy (non-hydrogen) atoms. The molecule has 1 aromatic carbocycles. The van der Waals surface area contributed by atoms with Gasteiger partial charge in [-0.25, -0.2) is 0 Å². The van der Waals surface area contributed by atoms with Crippen molar-refractivity contribution in [3.05, 3.63) is 34.9 Å². The van der Waals surface area contributed by atoms with Crippen molar-refractivity contribution < 1.29 is 40.6 Å². The van der Waals surface area contributed by atoms with Crippen molar-refractivity contribution in [2.75, 3.05) is 13.2 Å². The monoisotopic (exact) mass is 328 g/mol. The van der Waals surface area contributed by atoms with Crippen LogP contribution in [0, 0.1) is 0 Å². The van der Waals surface area contributed by atoms with E-state index in [9.17, 15) is 31.1 Å². The normalized spacial score (nSPS) is 17.0. The number of carbonyl (C=O) groups is 1. The number of alkyl halides is 6. The summed E-state index contributed by atoms with van der Waals surface area (Å²) in [7, 11) is 0. The third-order valence-corrected chi connectivity index (χ3v) is 2.95. The molecule has 1 saturated heterocycles. The Morgan fingerprint density at radius 1 is 0.955 bits per heavy atom. The van der Waals surface area contributed by atoms with Gasteiger partial charge < -0.3 is 9.47 Å². The summed E-state index contributed by atoms with van der Waals surface area (Å²) in [5.74, 6) is -0.913. The predicted octanol–water partition coefficient (Wildman–Crippen LogP) is 3.67. The lowest BCUT2D eigenvalue weighted by Crippen LogP contribution is -2.17. The maximum absolute atomic E-state index is 12.7. The van der Waals surface area contributed by atoms with Crippen LogP contribution in [0.4, 0.5) is 26.3 Å². The molecular formula is C13H10F6O3. The molecular weight excluding hydrogens is 318 g/mol. The molecule has 1 fully saturated rings. The van der Waals surface area contributed by atoms with Gasteiger partial charge in [0.15, 0.2) is 12.1 Å². The number of benzene rings is 1. The van der Waals surface area contributed by atoms with E-state index in [1.807, 2.05) is 0 Å². The molecule has 2 rings (SSSR count). The topological polar surface area (TPSA) is 35.5 Å². The molecule has 0 amide bonds. The van der Waals surface area contributed by atoms with E-state index >= 15 is 0 Å². The zero-order valence-corrected chi connectivity index (χ0v) is 10.9. The molecule has 122 valence electrons. The maximum atomic E-state index is 12.7. The van der Waals surface area contributed by atoms with Gasteiger partial charge in [0, 0.05) is 5.56 Å². The summed E-state index contributed by atoms with van der Waals surface area (Å²) in [4.78, 5) is 11.9. The van der Waals surface area contributed by atoms with Crippen LogP contribution in [0.1, 0.15) is 27.9 Å². The van der Waals surface area contributed by atoms with Gasteiger partial charge in [-0.1, -0.05) is 0 Å². The molecule has 1 aliphatic heterocycles. The highest BCUT2D eigenvalue weighted by molar-refractivity contribution is 5.96. The zero-order valence-electron chi connectivity index (χ0n) is 10.9. The third-order valence-electron chi connectivity index (χ3n) is 2.95. The SMILES string of the molecule is O=C(CC1OCCO1)c1cc(C(F)(F)F)cc(C(F)(F)F)c1. The number of hydrogen-bond donors (Lipinski definition) is 0. The van der Waals surface area contributed by atoms with Crippen molar-refractivity contribution in [3.63, 3.8) is 0 Å². The number of rotatable bonds is 3. The Balaban J connectivity index is 2.34. The van der Waals surface area contributed by atoms with Crippen LogP contribution in [0.5, 0.6) is 0 Å². The Bertz CT molecular complexity index is 526. The largest absolute Gasteiger partial charge is 0.416 e. The molecule has 0 radical (unpaired) electrons. The summed E-state index contributed by atoms with van der Waals surface area (Å²) in [6.07, 6.45) is -11.4. The highest BCUT2D eigenvalue weighted by atomic mass is 19.4. The maximum Gasteiger partial charge on any atom is 0.416 e. The molecule has 0 aliphatic carbocycles. The average molecular weight is 328 g/mol. The summed E-state index contributed by atoms with van der Waals surface area (Å²) in [5.41, 5.74) is -3.74. The van der Waals surface area contributed by atoms with E-state index in [0.717, 1.165) is 0 Å². The average Bonchev–Trinajstić information content (AvgIpc) is 2.89. The highest BCUT2D eigenvalue weighted by Gasteiger charge is 2.37. The molecule has 1 aromatic rings. The van der Waals surface area contributed by atoms with Crippen molar-refractivity contribution in [2.24, 2.45) is 0 Å². The van der Waals surface area contributed by atoms with Gasteiger partial charge in [0.05, 0.1) is 30.8 Å². The highest BCUT2D eigenvalue weighted by Crippen LogP contribution is 2.36. The molecule has 0 saturated carbocycles. The fourth-order valence-corrected chi connectivity index (χ4v) is 1.91. The molecule has 0 unspecified atom stereocenters. The van der Waals surface area contributed by atoms with E-state index in [0.29, 0.717) is 12.1 Å². The molecule has 1 aliphatic rings. The Hall–Kier alpha value is -1.61. The first-order valence-electron chi connectivity index (χ1n) is 6.13. The van der Waals surface area contributed by atoms with E-state index < -0.39 is 47.5 Å². The number of hydrogen-bond acceptors (Lipinski definition) is 3. The molecule has 3 nitrogen and oxygen atoms in total. The van der Waals surface area contributed by atoms with Gasteiger partial charge in [0.1, 0.15) is 0 Å². The summed E-state index contributed by atoms with van der Waals surface area (Å²) in [5, 5.41) is 0. The van der Waals surface area contributed by atoms with Gasteiger partial charge in [-0.3, -0.25) is 4.79 Å². The molecule has 0 spiro atoms. The fraction of sp³-hybridized carbons (Fsp3) is 0.462. The quantitative estimate of drug-likeness (QED) is 0.627. The second kappa shape index (κ2) is 5.88. The Morgan fingerprint density at radius 2 is 1.41 bits per heavy atom. The van der Waals surface area contributed by atoms with Crippen LogP contribution in [0.3, 0.4) is 0 Å². The van der Waals surface area contributed by atoms with Crippen molar-refractivity contribution in [1.29, 1.82) is 0 Å². The number of halogens is 6. The molecule has 0 atom stereocenters. The Labute approximate surface area is 120 Å². The minimum Gasteiger partial charge on any atom is -0.350 e. The molecule has 0 bridgehead atoms. The Kier molecular flexibility index (Phi) is 4.48. The van der Waals surface area contributed by atoms with Gasteiger partial charge >= 0.3 is 12.4 Å². The van der Waals surface area contributed by atoms with Crippen molar-refractivity contribution in [1.82, 2.24) is 0 Å². The van der Waals surface area contributed by atoms with Crippen LogP contribution in [0.15, 0.2) is 18.2 Å². The molecule has 0 N–H and O–H groups in total. The predicted molar refractivity (Wildman–Crippen MR) is 61.1 cm³/mol. The van der Waals surface area contributed by atoms with Crippen molar-refractivity contribution in [2.45, 2.75) is 25.1 Å². The van der Waals surface area contributed by atoms with Crippen LogP contribution in [0.2, 0.25) is 0 Å².